The van der Waals surface area contributed by atoms with Crippen molar-refractivity contribution in [3.8, 4) is 0 Å². The van der Waals surface area contributed by atoms with Crippen molar-refractivity contribution in [2.24, 2.45) is 0 Å². The highest BCUT2D eigenvalue weighted by Crippen LogP contribution is 2.28. The summed E-state index contributed by atoms with van der Waals surface area (Å²) in [5.41, 5.74) is 4.37. The Bertz CT molecular complexity index is 979. The highest BCUT2D eigenvalue weighted by atomic mass is 32.2. The summed E-state index contributed by atoms with van der Waals surface area (Å²) < 4.78 is 6.91. The number of imidazole rings is 1. The third kappa shape index (κ3) is 2.73. The lowest BCUT2D eigenvalue weighted by Gasteiger charge is -2.04. The van der Waals surface area contributed by atoms with Gasteiger partial charge in [-0.3, -0.25) is 0 Å². The fourth-order valence-corrected chi connectivity index (χ4v) is 3.51. The van der Waals surface area contributed by atoms with Crippen LogP contribution in [-0.4, -0.2) is 29.8 Å². The second-order valence-corrected chi connectivity index (χ2v) is 6.44. The van der Waals surface area contributed by atoms with Gasteiger partial charge in [0.05, 0.1) is 6.33 Å². The Kier molecular flexibility index (Phi) is 4.12. The average molecular weight is 340 g/mol. The van der Waals surface area contributed by atoms with Crippen LogP contribution in [0.5, 0.6) is 0 Å². The maximum Gasteiger partial charge on any atom is 0.164 e. The first-order chi connectivity index (χ1) is 11.9. The molecular weight excluding hydrogens is 324 g/mol. The van der Waals surface area contributed by atoms with E-state index in [1.54, 1.807) is 18.1 Å². The maximum atomic E-state index is 4.82. The van der Waals surface area contributed by atoms with Gasteiger partial charge in [0.2, 0.25) is 0 Å². The van der Waals surface area contributed by atoms with Crippen molar-refractivity contribution in [3.05, 3.63) is 36.4 Å². The molecule has 0 atom stereocenters. The summed E-state index contributed by atoms with van der Waals surface area (Å²) in [5.74, 6) is 0.722. The highest BCUT2D eigenvalue weighted by Gasteiger charge is 2.12. The second kappa shape index (κ2) is 6.56. The predicted octanol–water partition coefficient (Wildman–Crippen LogP) is 3.45. The molecule has 0 amide bonds. The lowest BCUT2D eigenvalue weighted by molar-refractivity contribution is 0.315. The van der Waals surface area contributed by atoms with E-state index in [4.69, 9.17) is 4.63 Å². The van der Waals surface area contributed by atoms with Gasteiger partial charge in [-0.15, -0.1) is 0 Å². The van der Waals surface area contributed by atoms with Crippen LogP contribution < -0.4 is 0 Å². The summed E-state index contributed by atoms with van der Waals surface area (Å²) in [5, 5.41) is 8.74. The third-order valence-corrected chi connectivity index (χ3v) is 4.88. The van der Waals surface area contributed by atoms with Crippen LogP contribution in [0.15, 0.2) is 40.5 Å². The Morgan fingerprint density at radius 1 is 1.12 bits per heavy atom. The van der Waals surface area contributed by atoms with Gasteiger partial charge >= 0.3 is 0 Å². The van der Waals surface area contributed by atoms with Crippen LogP contribution >= 0.6 is 11.8 Å². The van der Waals surface area contributed by atoms with Gasteiger partial charge in [-0.25, -0.2) is 19.6 Å². The molecule has 4 aromatic rings. The number of hydrogen-bond donors (Lipinski definition) is 0. The molecule has 3 heterocycles. The summed E-state index contributed by atoms with van der Waals surface area (Å²) >= 11 is 1.62. The number of unbranched alkanes of at least 4 members (excludes halogenated alkanes) is 1. The van der Waals surface area contributed by atoms with Gasteiger partial charge in [0, 0.05) is 12.3 Å². The number of benzene rings is 1. The molecule has 0 saturated heterocycles. The smallest absolute Gasteiger partial charge is 0.164 e. The van der Waals surface area contributed by atoms with Crippen LogP contribution in [0, 0.1) is 0 Å². The first-order valence-electron chi connectivity index (χ1n) is 7.85. The minimum atomic E-state index is 0.722. The van der Waals surface area contributed by atoms with Gasteiger partial charge in [-0.2, -0.15) is 0 Å². The standard InChI is InChI=1S/C16H16N6OS/c1-2-3-7-22-10-19-14-15(22)17-9-18-16(14)24-8-11-5-4-6-12-13(11)21-23-20-12/h4-6,9-10H,2-3,7-8H2,1H3. The predicted molar refractivity (Wildman–Crippen MR) is 91.6 cm³/mol. The molecule has 122 valence electrons. The summed E-state index contributed by atoms with van der Waals surface area (Å²) in [6, 6.07) is 5.87. The molecule has 1 aromatic carbocycles. The molecule has 8 heteroatoms. The molecule has 0 unspecified atom stereocenters. The number of thioether (sulfide) groups is 1. The maximum absolute atomic E-state index is 4.82. The SMILES string of the molecule is CCCCn1cnc2c(SCc3cccc4nonc34)ncnc21. The van der Waals surface area contributed by atoms with E-state index >= 15 is 0 Å². The van der Waals surface area contributed by atoms with Gasteiger partial charge in [0.1, 0.15) is 27.9 Å². The molecule has 0 radical (unpaired) electrons. The lowest BCUT2D eigenvalue weighted by atomic mass is 10.2. The Morgan fingerprint density at radius 3 is 3.00 bits per heavy atom. The average Bonchev–Trinajstić information content (AvgIpc) is 3.25. The molecule has 7 nitrogen and oxygen atoms in total. The van der Waals surface area contributed by atoms with Gasteiger partial charge in [0.25, 0.3) is 0 Å². The zero-order valence-corrected chi connectivity index (χ0v) is 14.0. The van der Waals surface area contributed by atoms with Crippen molar-refractivity contribution in [1.29, 1.82) is 0 Å². The van der Waals surface area contributed by atoms with Crippen LogP contribution in [0.1, 0.15) is 25.3 Å². The Morgan fingerprint density at radius 2 is 2.08 bits per heavy atom. The number of aryl methyl sites for hydroxylation is 1. The van der Waals surface area contributed by atoms with Crippen molar-refractivity contribution < 1.29 is 4.63 Å². The van der Waals surface area contributed by atoms with Crippen LogP contribution in [0.25, 0.3) is 22.2 Å². The van der Waals surface area contributed by atoms with E-state index in [2.05, 4.69) is 36.8 Å². The topological polar surface area (TPSA) is 82.5 Å². The molecule has 3 aromatic heterocycles. The van der Waals surface area contributed by atoms with Crippen LogP contribution in [-0.2, 0) is 12.3 Å². The van der Waals surface area contributed by atoms with Crippen molar-refractivity contribution in [2.75, 3.05) is 0 Å². The quantitative estimate of drug-likeness (QED) is 0.392. The summed E-state index contributed by atoms with van der Waals surface area (Å²) in [6.45, 7) is 3.10. The largest absolute Gasteiger partial charge is 0.315 e. The molecule has 24 heavy (non-hydrogen) atoms. The van der Waals surface area contributed by atoms with Crippen molar-refractivity contribution >= 4 is 34.0 Å². The molecule has 0 bridgehead atoms. The van der Waals surface area contributed by atoms with Crippen molar-refractivity contribution in [2.45, 2.75) is 37.1 Å². The van der Waals surface area contributed by atoms with Crippen molar-refractivity contribution in [1.82, 2.24) is 29.8 Å². The number of fused-ring (bicyclic) bond motifs is 2. The number of nitrogens with zero attached hydrogens (tertiary/aromatic N) is 6. The lowest BCUT2D eigenvalue weighted by Crippen LogP contribution is -1.97. The molecular formula is C16H16N6OS. The van der Waals surface area contributed by atoms with Gasteiger partial charge < -0.3 is 4.57 Å². The fourth-order valence-electron chi connectivity index (χ4n) is 2.58. The summed E-state index contributed by atoms with van der Waals surface area (Å²) in [4.78, 5) is 13.3. The highest BCUT2D eigenvalue weighted by molar-refractivity contribution is 7.98. The normalized spacial score (nSPS) is 11.5. The second-order valence-electron chi connectivity index (χ2n) is 5.48. The summed E-state index contributed by atoms with van der Waals surface area (Å²) in [7, 11) is 0. The molecule has 0 N–H and O–H groups in total. The van der Waals surface area contributed by atoms with Crippen LogP contribution in [0.4, 0.5) is 0 Å². The monoisotopic (exact) mass is 340 g/mol. The molecule has 0 aliphatic rings. The minimum Gasteiger partial charge on any atom is -0.315 e. The number of aromatic nitrogens is 6. The minimum absolute atomic E-state index is 0.722. The van der Waals surface area contributed by atoms with E-state index in [1.165, 1.54) is 0 Å². The van der Waals surface area contributed by atoms with E-state index < -0.39 is 0 Å². The summed E-state index contributed by atoms with van der Waals surface area (Å²) in [6.07, 6.45) is 5.70. The van der Waals surface area contributed by atoms with E-state index in [-0.39, 0.29) is 0 Å². The van der Waals surface area contributed by atoms with E-state index in [1.807, 2.05) is 24.5 Å². The molecule has 0 aliphatic heterocycles. The van der Waals surface area contributed by atoms with Crippen molar-refractivity contribution in [3.63, 3.8) is 0 Å². The van der Waals surface area contributed by atoms with E-state index in [9.17, 15) is 0 Å². The molecule has 4 rings (SSSR count). The number of rotatable bonds is 6. The Labute approximate surface area is 142 Å². The Hall–Kier alpha value is -2.48. The number of hydrogen-bond acceptors (Lipinski definition) is 7. The molecule has 0 saturated carbocycles. The first kappa shape index (κ1) is 15.1. The molecule has 0 aliphatic carbocycles. The zero-order chi connectivity index (χ0) is 16.4. The third-order valence-electron chi connectivity index (χ3n) is 3.85. The fraction of sp³-hybridized carbons (Fsp3) is 0.312. The van der Waals surface area contributed by atoms with Gasteiger partial charge in [-0.05, 0) is 28.4 Å². The van der Waals surface area contributed by atoms with Crippen LogP contribution in [0.2, 0.25) is 0 Å². The molecule has 0 spiro atoms. The van der Waals surface area contributed by atoms with Gasteiger partial charge in [0.15, 0.2) is 5.65 Å². The Balaban J connectivity index is 1.60. The van der Waals surface area contributed by atoms with Crippen LogP contribution in [0.3, 0.4) is 0 Å². The molecule has 0 fully saturated rings. The first-order valence-corrected chi connectivity index (χ1v) is 8.84. The van der Waals surface area contributed by atoms with Gasteiger partial charge in [-0.1, -0.05) is 37.2 Å². The zero-order valence-electron chi connectivity index (χ0n) is 13.2. The van der Waals surface area contributed by atoms with E-state index in [0.717, 1.165) is 57.9 Å². The van der Waals surface area contributed by atoms with E-state index in [0.29, 0.717) is 0 Å².